The van der Waals surface area contributed by atoms with Gasteiger partial charge in [0, 0.05) is 12.8 Å². The van der Waals surface area contributed by atoms with Crippen molar-refractivity contribution in [2.75, 3.05) is 0 Å². The van der Waals surface area contributed by atoms with Crippen LogP contribution in [0, 0.1) is 0 Å². The van der Waals surface area contributed by atoms with Gasteiger partial charge in [0.25, 0.3) is 0 Å². The van der Waals surface area contributed by atoms with Crippen molar-refractivity contribution in [2.24, 2.45) is 0 Å². The Hall–Kier alpha value is -1.89. The molecular formula is C14H16F3N3O. The van der Waals surface area contributed by atoms with Gasteiger partial charge in [-0.05, 0) is 17.7 Å². The minimum Gasteiger partial charge on any atom is -0.392 e. The third kappa shape index (κ3) is 3.07. The number of aryl methyl sites for hydroxylation is 2. The molecule has 0 radical (unpaired) electrons. The van der Waals surface area contributed by atoms with E-state index in [0.29, 0.717) is 24.5 Å². The van der Waals surface area contributed by atoms with Gasteiger partial charge >= 0.3 is 6.18 Å². The molecule has 2 rings (SSSR count). The highest BCUT2D eigenvalue weighted by molar-refractivity contribution is 5.45. The van der Waals surface area contributed by atoms with Gasteiger partial charge in [-0.3, -0.25) is 0 Å². The Morgan fingerprint density at radius 1 is 1.19 bits per heavy atom. The number of hydrogen-bond acceptors (Lipinski definition) is 3. The summed E-state index contributed by atoms with van der Waals surface area (Å²) in [7, 11) is 0. The Balaban J connectivity index is 2.65. The van der Waals surface area contributed by atoms with E-state index in [-0.39, 0.29) is 11.3 Å². The third-order valence-corrected chi connectivity index (χ3v) is 3.13. The van der Waals surface area contributed by atoms with Crippen molar-refractivity contribution in [1.82, 2.24) is 14.8 Å². The molecule has 0 fully saturated rings. The van der Waals surface area contributed by atoms with Gasteiger partial charge in [0.05, 0.1) is 17.9 Å². The molecule has 0 atom stereocenters. The zero-order chi connectivity index (χ0) is 15.6. The minimum absolute atomic E-state index is 0.0660. The number of nitrogens with zero attached hydrogens (tertiary/aromatic N) is 3. The number of alkyl halides is 3. The molecule has 4 nitrogen and oxygen atoms in total. The maximum atomic E-state index is 13.2. The van der Waals surface area contributed by atoms with Crippen LogP contribution < -0.4 is 0 Å². The number of rotatable bonds is 4. The molecular weight excluding hydrogens is 283 g/mol. The molecule has 0 amide bonds. The second-order valence-electron chi connectivity index (χ2n) is 4.57. The molecule has 114 valence electrons. The average Bonchev–Trinajstić information content (AvgIpc) is 2.89. The van der Waals surface area contributed by atoms with E-state index in [1.807, 2.05) is 13.8 Å². The lowest BCUT2D eigenvalue weighted by Crippen LogP contribution is -2.14. The van der Waals surface area contributed by atoms with Crippen LogP contribution in [0.15, 0.2) is 18.2 Å². The second kappa shape index (κ2) is 5.85. The lowest BCUT2D eigenvalue weighted by Gasteiger charge is -2.15. The number of aliphatic hydroxyl groups is 1. The van der Waals surface area contributed by atoms with E-state index in [2.05, 4.69) is 10.1 Å². The van der Waals surface area contributed by atoms with E-state index in [9.17, 15) is 13.2 Å². The van der Waals surface area contributed by atoms with Gasteiger partial charge in [-0.15, -0.1) is 0 Å². The molecule has 0 aliphatic carbocycles. The zero-order valence-corrected chi connectivity index (χ0v) is 11.8. The fourth-order valence-corrected chi connectivity index (χ4v) is 2.06. The molecule has 1 N–H and O–H groups in total. The summed E-state index contributed by atoms with van der Waals surface area (Å²) in [6.07, 6.45) is -3.49. The summed E-state index contributed by atoms with van der Waals surface area (Å²) in [5.74, 6) is 0.986. The first kappa shape index (κ1) is 15.5. The lowest BCUT2D eigenvalue weighted by molar-refractivity contribution is -0.137. The molecule has 0 saturated heterocycles. The standard InChI is InChI=1S/C14H16F3N3O/c1-3-12-18-13(4-2)20(19-12)11-6-5-9(8-21)7-10(11)14(15,16)17/h5-7,21H,3-4,8H2,1-2H3. The van der Waals surface area contributed by atoms with Crippen LogP contribution in [0.2, 0.25) is 0 Å². The summed E-state index contributed by atoms with van der Waals surface area (Å²) in [4.78, 5) is 4.22. The molecule has 21 heavy (non-hydrogen) atoms. The average molecular weight is 299 g/mol. The highest BCUT2D eigenvalue weighted by atomic mass is 19.4. The predicted molar refractivity (Wildman–Crippen MR) is 71.0 cm³/mol. The van der Waals surface area contributed by atoms with Gasteiger partial charge in [-0.2, -0.15) is 18.3 Å². The van der Waals surface area contributed by atoms with E-state index >= 15 is 0 Å². The van der Waals surface area contributed by atoms with Crippen LogP contribution in [-0.2, 0) is 25.6 Å². The van der Waals surface area contributed by atoms with Crippen molar-refractivity contribution in [1.29, 1.82) is 0 Å². The molecule has 7 heteroatoms. The van der Waals surface area contributed by atoms with Crippen molar-refractivity contribution in [3.05, 3.63) is 41.0 Å². The van der Waals surface area contributed by atoms with Crippen molar-refractivity contribution >= 4 is 0 Å². The number of aliphatic hydroxyl groups excluding tert-OH is 1. The normalized spacial score (nSPS) is 11.9. The van der Waals surface area contributed by atoms with E-state index in [4.69, 9.17) is 5.11 Å². The van der Waals surface area contributed by atoms with Gasteiger partial charge in [0.2, 0.25) is 0 Å². The van der Waals surface area contributed by atoms with Crippen molar-refractivity contribution < 1.29 is 18.3 Å². The first-order valence-corrected chi connectivity index (χ1v) is 6.66. The van der Waals surface area contributed by atoms with Crippen LogP contribution in [0.5, 0.6) is 0 Å². The van der Waals surface area contributed by atoms with Crippen LogP contribution in [0.1, 0.15) is 36.6 Å². The Kier molecular flexibility index (Phi) is 4.32. The Bertz CT molecular complexity index is 635. The number of hydrogen-bond donors (Lipinski definition) is 1. The van der Waals surface area contributed by atoms with E-state index in [1.165, 1.54) is 16.8 Å². The molecule has 0 spiro atoms. The predicted octanol–water partition coefficient (Wildman–Crippen LogP) is 2.90. The van der Waals surface area contributed by atoms with Crippen LogP contribution in [-0.4, -0.2) is 19.9 Å². The lowest BCUT2D eigenvalue weighted by atomic mass is 10.1. The maximum Gasteiger partial charge on any atom is 0.418 e. The van der Waals surface area contributed by atoms with Crippen LogP contribution in [0.3, 0.4) is 0 Å². The second-order valence-corrected chi connectivity index (χ2v) is 4.57. The van der Waals surface area contributed by atoms with Gasteiger partial charge in [-0.25, -0.2) is 9.67 Å². The van der Waals surface area contributed by atoms with E-state index < -0.39 is 18.3 Å². The Labute approximate surface area is 120 Å². The summed E-state index contributed by atoms with van der Waals surface area (Å²) < 4.78 is 40.9. The summed E-state index contributed by atoms with van der Waals surface area (Å²) in [6, 6.07) is 3.72. The Morgan fingerprint density at radius 3 is 2.43 bits per heavy atom. The summed E-state index contributed by atoms with van der Waals surface area (Å²) in [5, 5.41) is 13.2. The number of halogens is 3. The largest absolute Gasteiger partial charge is 0.418 e. The number of aromatic nitrogens is 3. The molecule has 0 saturated carbocycles. The first-order chi connectivity index (χ1) is 9.90. The molecule has 0 aliphatic rings. The third-order valence-electron chi connectivity index (χ3n) is 3.13. The topological polar surface area (TPSA) is 50.9 Å². The quantitative estimate of drug-likeness (QED) is 0.944. The van der Waals surface area contributed by atoms with Crippen LogP contribution in [0.25, 0.3) is 5.69 Å². The maximum absolute atomic E-state index is 13.2. The Morgan fingerprint density at radius 2 is 1.90 bits per heavy atom. The highest BCUT2D eigenvalue weighted by Crippen LogP contribution is 2.34. The molecule has 1 aromatic carbocycles. The number of benzene rings is 1. The zero-order valence-electron chi connectivity index (χ0n) is 11.8. The fourth-order valence-electron chi connectivity index (χ4n) is 2.06. The van der Waals surface area contributed by atoms with Crippen molar-refractivity contribution in [3.63, 3.8) is 0 Å². The molecule has 0 bridgehead atoms. The van der Waals surface area contributed by atoms with Gasteiger partial charge in [0.15, 0.2) is 5.82 Å². The minimum atomic E-state index is -4.52. The van der Waals surface area contributed by atoms with Crippen LogP contribution in [0.4, 0.5) is 13.2 Å². The van der Waals surface area contributed by atoms with Crippen molar-refractivity contribution in [2.45, 2.75) is 39.5 Å². The SMILES string of the molecule is CCc1nc(CC)n(-c2ccc(CO)cc2C(F)(F)F)n1. The highest BCUT2D eigenvalue weighted by Gasteiger charge is 2.35. The summed E-state index contributed by atoms with van der Waals surface area (Å²) in [5.41, 5.74) is -0.681. The van der Waals surface area contributed by atoms with Crippen molar-refractivity contribution in [3.8, 4) is 5.69 Å². The smallest absolute Gasteiger partial charge is 0.392 e. The van der Waals surface area contributed by atoms with E-state index in [0.717, 1.165) is 6.07 Å². The molecule has 0 unspecified atom stereocenters. The summed E-state index contributed by atoms with van der Waals surface area (Å²) in [6.45, 7) is 3.22. The summed E-state index contributed by atoms with van der Waals surface area (Å²) >= 11 is 0. The molecule has 1 aromatic heterocycles. The van der Waals surface area contributed by atoms with Gasteiger partial charge in [-0.1, -0.05) is 19.9 Å². The monoisotopic (exact) mass is 299 g/mol. The van der Waals surface area contributed by atoms with Crippen LogP contribution >= 0.6 is 0 Å². The molecule has 0 aliphatic heterocycles. The van der Waals surface area contributed by atoms with E-state index in [1.54, 1.807) is 0 Å². The van der Waals surface area contributed by atoms with Gasteiger partial charge < -0.3 is 5.11 Å². The fraction of sp³-hybridized carbons (Fsp3) is 0.429. The van der Waals surface area contributed by atoms with Gasteiger partial charge in [0.1, 0.15) is 5.82 Å². The first-order valence-electron chi connectivity index (χ1n) is 6.66. The molecule has 1 heterocycles. The molecule has 2 aromatic rings.